The minimum atomic E-state index is 0. The second-order valence-electron chi connectivity index (χ2n) is 7.81. The maximum absolute atomic E-state index is 4.28. The van der Waals surface area contributed by atoms with Crippen LogP contribution >= 0.6 is 24.0 Å². The van der Waals surface area contributed by atoms with Crippen LogP contribution in [0, 0.1) is 0 Å². The average molecular weight is 458 g/mol. The molecule has 0 saturated carbocycles. The lowest BCUT2D eigenvalue weighted by Crippen LogP contribution is -2.47. The molecule has 2 N–H and O–H groups in total. The topological polar surface area (TPSA) is 39.7 Å². The SMILES string of the molecule is CN=C(NCc1ccc(CN2CCCCCC2)cc1)NC(C)(C)C.I. The molecule has 0 unspecified atom stereocenters. The molecule has 25 heavy (non-hydrogen) atoms. The second-order valence-corrected chi connectivity index (χ2v) is 7.81. The van der Waals surface area contributed by atoms with E-state index in [4.69, 9.17) is 0 Å². The zero-order chi connectivity index (χ0) is 17.4. The molecular weight excluding hydrogens is 423 g/mol. The van der Waals surface area contributed by atoms with E-state index in [1.165, 1.54) is 49.9 Å². The lowest BCUT2D eigenvalue weighted by Gasteiger charge is -2.24. The van der Waals surface area contributed by atoms with Gasteiger partial charge in [0, 0.05) is 25.7 Å². The molecule has 2 rings (SSSR count). The molecule has 142 valence electrons. The number of nitrogens with one attached hydrogen (secondary N) is 2. The zero-order valence-electron chi connectivity index (χ0n) is 16.3. The third-order valence-electron chi connectivity index (χ3n) is 4.30. The molecule has 5 heteroatoms. The smallest absolute Gasteiger partial charge is 0.191 e. The quantitative estimate of drug-likeness (QED) is 0.405. The summed E-state index contributed by atoms with van der Waals surface area (Å²) in [5, 5.41) is 6.76. The number of halogens is 1. The molecule has 1 fully saturated rings. The Labute approximate surface area is 170 Å². The summed E-state index contributed by atoms with van der Waals surface area (Å²) in [7, 11) is 1.81. The van der Waals surface area contributed by atoms with Gasteiger partial charge in [0.2, 0.25) is 0 Å². The van der Waals surface area contributed by atoms with Crippen LogP contribution in [0.25, 0.3) is 0 Å². The van der Waals surface area contributed by atoms with Crippen LogP contribution in [-0.2, 0) is 13.1 Å². The summed E-state index contributed by atoms with van der Waals surface area (Å²) in [6, 6.07) is 8.98. The van der Waals surface area contributed by atoms with Crippen molar-refractivity contribution in [1.29, 1.82) is 0 Å². The number of likely N-dealkylation sites (tertiary alicyclic amines) is 1. The minimum Gasteiger partial charge on any atom is -0.352 e. The van der Waals surface area contributed by atoms with E-state index in [1.807, 2.05) is 7.05 Å². The second kappa shape index (κ2) is 11.0. The molecule has 0 amide bonds. The molecule has 0 aromatic heterocycles. The third-order valence-corrected chi connectivity index (χ3v) is 4.30. The molecule has 1 aromatic rings. The Morgan fingerprint density at radius 3 is 2.08 bits per heavy atom. The first-order valence-corrected chi connectivity index (χ1v) is 9.25. The predicted molar refractivity (Wildman–Crippen MR) is 119 cm³/mol. The number of benzene rings is 1. The van der Waals surface area contributed by atoms with Gasteiger partial charge in [0.25, 0.3) is 0 Å². The molecule has 4 nitrogen and oxygen atoms in total. The summed E-state index contributed by atoms with van der Waals surface area (Å²) < 4.78 is 0. The Kier molecular flexibility index (Phi) is 9.79. The lowest BCUT2D eigenvalue weighted by atomic mass is 10.1. The monoisotopic (exact) mass is 458 g/mol. The number of guanidine groups is 1. The summed E-state index contributed by atoms with van der Waals surface area (Å²) in [5.41, 5.74) is 2.71. The van der Waals surface area contributed by atoms with Crippen LogP contribution in [0.1, 0.15) is 57.6 Å². The predicted octanol–water partition coefficient (Wildman–Crippen LogP) is 4.14. The summed E-state index contributed by atoms with van der Waals surface area (Å²) in [4.78, 5) is 6.87. The van der Waals surface area contributed by atoms with Crippen molar-refractivity contribution in [3.63, 3.8) is 0 Å². The minimum absolute atomic E-state index is 0. The molecule has 0 radical (unpaired) electrons. The fourth-order valence-electron chi connectivity index (χ4n) is 3.04. The maximum atomic E-state index is 4.28. The fraction of sp³-hybridized carbons (Fsp3) is 0.650. The van der Waals surface area contributed by atoms with Gasteiger partial charge >= 0.3 is 0 Å². The maximum Gasteiger partial charge on any atom is 0.191 e. The van der Waals surface area contributed by atoms with Crippen molar-refractivity contribution in [2.24, 2.45) is 4.99 Å². The van der Waals surface area contributed by atoms with Crippen molar-refractivity contribution >= 4 is 29.9 Å². The van der Waals surface area contributed by atoms with Crippen molar-refractivity contribution in [1.82, 2.24) is 15.5 Å². The van der Waals surface area contributed by atoms with E-state index in [2.05, 4.69) is 65.6 Å². The number of nitrogens with zero attached hydrogens (tertiary/aromatic N) is 2. The van der Waals surface area contributed by atoms with E-state index in [1.54, 1.807) is 0 Å². The first-order chi connectivity index (χ1) is 11.5. The summed E-state index contributed by atoms with van der Waals surface area (Å²) in [6.07, 6.45) is 5.49. The van der Waals surface area contributed by atoms with E-state index in [0.29, 0.717) is 0 Å². The van der Waals surface area contributed by atoms with Crippen molar-refractivity contribution in [3.8, 4) is 0 Å². The largest absolute Gasteiger partial charge is 0.352 e. The van der Waals surface area contributed by atoms with Gasteiger partial charge in [0.15, 0.2) is 5.96 Å². The highest BCUT2D eigenvalue weighted by Gasteiger charge is 2.12. The van der Waals surface area contributed by atoms with Crippen LogP contribution in [0.4, 0.5) is 0 Å². The van der Waals surface area contributed by atoms with Crippen molar-refractivity contribution < 1.29 is 0 Å². The number of rotatable bonds is 4. The highest BCUT2D eigenvalue weighted by molar-refractivity contribution is 14.0. The normalized spacial score (nSPS) is 16.7. The van der Waals surface area contributed by atoms with Crippen LogP contribution in [0.3, 0.4) is 0 Å². The van der Waals surface area contributed by atoms with Crippen LogP contribution < -0.4 is 10.6 Å². The number of aliphatic imine (C=N–C) groups is 1. The Morgan fingerprint density at radius 1 is 1.00 bits per heavy atom. The van der Waals surface area contributed by atoms with E-state index >= 15 is 0 Å². The highest BCUT2D eigenvalue weighted by atomic mass is 127. The Balaban J connectivity index is 0.00000312. The summed E-state index contributed by atoms with van der Waals surface area (Å²) >= 11 is 0. The van der Waals surface area contributed by atoms with E-state index < -0.39 is 0 Å². The van der Waals surface area contributed by atoms with E-state index in [0.717, 1.165) is 19.0 Å². The molecule has 1 aliphatic rings. The van der Waals surface area contributed by atoms with Gasteiger partial charge in [-0.05, 0) is 57.8 Å². The summed E-state index contributed by atoms with van der Waals surface area (Å²) in [5.74, 6) is 0.844. The average Bonchev–Trinajstić information content (AvgIpc) is 2.80. The fourth-order valence-corrected chi connectivity index (χ4v) is 3.04. The Morgan fingerprint density at radius 2 is 1.56 bits per heavy atom. The molecule has 0 bridgehead atoms. The highest BCUT2D eigenvalue weighted by Crippen LogP contribution is 2.14. The zero-order valence-corrected chi connectivity index (χ0v) is 18.6. The van der Waals surface area contributed by atoms with Gasteiger partial charge in [-0.25, -0.2) is 0 Å². The van der Waals surface area contributed by atoms with Crippen LogP contribution in [0.5, 0.6) is 0 Å². The Hall–Kier alpha value is -0.820. The molecule has 0 aliphatic carbocycles. The van der Waals surface area contributed by atoms with E-state index in [9.17, 15) is 0 Å². The molecule has 1 saturated heterocycles. The van der Waals surface area contributed by atoms with Gasteiger partial charge in [0.05, 0.1) is 0 Å². The van der Waals surface area contributed by atoms with Crippen molar-refractivity contribution in [3.05, 3.63) is 35.4 Å². The first kappa shape index (κ1) is 22.2. The standard InChI is InChI=1S/C20H34N4.HI/c1-20(2,3)23-19(21-4)22-15-17-9-11-18(12-10-17)16-24-13-7-5-6-8-14-24;/h9-12H,5-8,13-16H2,1-4H3,(H2,21,22,23);1H. The Bertz CT molecular complexity index is 511. The molecule has 1 heterocycles. The van der Waals surface area contributed by atoms with Crippen LogP contribution in [0.2, 0.25) is 0 Å². The van der Waals surface area contributed by atoms with Gasteiger partial charge in [0.1, 0.15) is 0 Å². The summed E-state index contributed by atoms with van der Waals surface area (Å²) in [6.45, 7) is 10.8. The molecular formula is C20H35IN4. The van der Waals surface area contributed by atoms with Gasteiger partial charge in [-0.15, -0.1) is 24.0 Å². The van der Waals surface area contributed by atoms with Crippen LogP contribution in [-0.4, -0.2) is 36.5 Å². The van der Waals surface area contributed by atoms with Gasteiger partial charge < -0.3 is 10.6 Å². The molecule has 0 spiro atoms. The van der Waals surface area contributed by atoms with Crippen LogP contribution in [0.15, 0.2) is 29.3 Å². The number of hydrogen-bond donors (Lipinski definition) is 2. The van der Waals surface area contributed by atoms with Gasteiger partial charge in [-0.2, -0.15) is 0 Å². The number of hydrogen-bond acceptors (Lipinski definition) is 2. The van der Waals surface area contributed by atoms with Gasteiger partial charge in [-0.1, -0.05) is 37.1 Å². The van der Waals surface area contributed by atoms with Crippen molar-refractivity contribution in [2.45, 2.75) is 65.1 Å². The molecule has 0 atom stereocenters. The van der Waals surface area contributed by atoms with E-state index in [-0.39, 0.29) is 29.5 Å². The molecule has 1 aromatic carbocycles. The third kappa shape index (κ3) is 8.90. The van der Waals surface area contributed by atoms with Crippen molar-refractivity contribution in [2.75, 3.05) is 20.1 Å². The van der Waals surface area contributed by atoms with Gasteiger partial charge in [-0.3, -0.25) is 9.89 Å². The molecule has 1 aliphatic heterocycles. The lowest BCUT2D eigenvalue weighted by molar-refractivity contribution is 0.277. The first-order valence-electron chi connectivity index (χ1n) is 9.25.